The van der Waals surface area contributed by atoms with Gasteiger partial charge in [0.1, 0.15) is 5.75 Å². The first-order valence-corrected chi connectivity index (χ1v) is 5.53. The van der Waals surface area contributed by atoms with Gasteiger partial charge in [-0.1, -0.05) is 20.8 Å². The van der Waals surface area contributed by atoms with Crippen LogP contribution in [0.5, 0.6) is 5.75 Å². The third kappa shape index (κ3) is 2.71. The van der Waals surface area contributed by atoms with Crippen molar-refractivity contribution in [1.82, 2.24) is 4.98 Å². The molecule has 0 N–H and O–H groups in total. The van der Waals surface area contributed by atoms with E-state index in [1.807, 2.05) is 13.0 Å². The highest BCUT2D eigenvalue weighted by Crippen LogP contribution is 2.29. The van der Waals surface area contributed by atoms with Crippen LogP contribution in [0.15, 0.2) is 16.7 Å². The summed E-state index contributed by atoms with van der Waals surface area (Å²) in [7, 11) is 0. The Labute approximate surface area is 93.8 Å². The van der Waals surface area contributed by atoms with Gasteiger partial charge in [-0.25, -0.2) is 0 Å². The van der Waals surface area contributed by atoms with Crippen molar-refractivity contribution in [1.29, 1.82) is 0 Å². The van der Waals surface area contributed by atoms with Gasteiger partial charge in [-0.2, -0.15) is 0 Å². The average molecular weight is 258 g/mol. The molecule has 0 aromatic carbocycles. The molecule has 1 rings (SSSR count). The molecular formula is C11H16BrNO. The van der Waals surface area contributed by atoms with E-state index in [2.05, 4.69) is 41.7 Å². The maximum Gasteiger partial charge on any atom is 0.138 e. The van der Waals surface area contributed by atoms with Crippen molar-refractivity contribution in [3.05, 3.63) is 22.4 Å². The maximum atomic E-state index is 5.36. The van der Waals surface area contributed by atoms with Crippen LogP contribution in [0.4, 0.5) is 0 Å². The van der Waals surface area contributed by atoms with Crippen molar-refractivity contribution in [3.63, 3.8) is 0 Å². The van der Waals surface area contributed by atoms with Gasteiger partial charge in [0.25, 0.3) is 0 Å². The lowest BCUT2D eigenvalue weighted by Crippen LogP contribution is -2.14. The summed E-state index contributed by atoms with van der Waals surface area (Å²) in [4.78, 5) is 4.40. The largest absolute Gasteiger partial charge is 0.492 e. The summed E-state index contributed by atoms with van der Waals surface area (Å²) in [5, 5.41) is 0. The summed E-state index contributed by atoms with van der Waals surface area (Å²) >= 11 is 3.51. The first kappa shape index (κ1) is 11.5. The van der Waals surface area contributed by atoms with Gasteiger partial charge < -0.3 is 4.74 Å². The van der Waals surface area contributed by atoms with Gasteiger partial charge in [-0.3, -0.25) is 4.98 Å². The van der Waals surface area contributed by atoms with Crippen LogP contribution < -0.4 is 4.74 Å². The first-order chi connectivity index (χ1) is 6.45. The van der Waals surface area contributed by atoms with Crippen LogP contribution in [0.1, 0.15) is 33.4 Å². The van der Waals surface area contributed by atoms with Crippen LogP contribution >= 0.6 is 15.9 Å². The van der Waals surface area contributed by atoms with E-state index in [0.29, 0.717) is 6.61 Å². The van der Waals surface area contributed by atoms with Gasteiger partial charge >= 0.3 is 0 Å². The SMILES string of the molecule is CCOc1cnc(C(C)(C)C)c(Br)c1. The second-order valence-corrected chi connectivity index (χ2v) is 5.04. The second-order valence-electron chi connectivity index (χ2n) is 4.18. The number of hydrogen-bond donors (Lipinski definition) is 0. The second kappa shape index (κ2) is 4.30. The Morgan fingerprint density at radius 1 is 1.43 bits per heavy atom. The number of aromatic nitrogens is 1. The zero-order valence-corrected chi connectivity index (χ0v) is 10.7. The minimum atomic E-state index is 0.0591. The number of halogens is 1. The molecule has 78 valence electrons. The van der Waals surface area contributed by atoms with Gasteiger partial charge in [0.05, 0.1) is 18.5 Å². The summed E-state index contributed by atoms with van der Waals surface area (Å²) in [6, 6.07) is 1.97. The Bertz CT molecular complexity index is 318. The Morgan fingerprint density at radius 3 is 2.50 bits per heavy atom. The lowest BCUT2D eigenvalue weighted by Gasteiger charge is -2.19. The molecule has 2 nitrogen and oxygen atoms in total. The van der Waals surface area contributed by atoms with E-state index >= 15 is 0 Å². The fourth-order valence-electron chi connectivity index (χ4n) is 1.22. The standard InChI is InChI=1S/C11H16BrNO/c1-5-14-8-6-9(12)10(13-7-8)11(2,3)4/h6-7H,5H2,1-4H3. The van der Waals surface area contributed by atoms with Gasteiger partial charge in [0.2, 0.25) is 0 Å². The number of rotatable bonds is 2. The molecule has 0 aliphatic rings. The molecule has 1 heterocycles. The van der Waals surface area contributed by atoms with Gasteiger partial charge in [0, 0.05) is 9.89 Å². The zero-order valence-electron chi connectivity index (χ0n) is 9.10. The molecule has 0 aliphatic heterocycles. The lowest BCUT2D eigenvalue weighted by molar-refractivity contribution is 0.338. The Kier molecular flexibility index (Phi) is 3.53. The molecule has 0 unspecified atom stereocenters. The van der Waals surface area contributed by atoms with E-state index in [9.17, 15) is 0 Å². The van der Waals surface area contributed by atoms with E-state index in [4.69, 9.17) is 4.74 Å². The van der Waals surface area contributed by atoms with Crippen molar-refractivity contribution in [2.45, 2.75) is 33.1 Å². The topological polar surface area (TPSA) is 22.1 Å². The smallest absolute Gasteiger partial charge is 0.138 e. The van der Waals surface area contributed by atoms with Crippen LogP contribution in [-0.2, 0) is 5.41 Å². The molecule has 0 bridgehead atoms. The molecule has 0 radical (unpaired) electrons. The highest BCUT2D eigenvalue weighted by molar-refractivity contribution is 9.10. The lowest BCUT2D eigenvalue weighted by atomic mass is 9.92. The molecule has 1 aromatic rings. The Balaban J connectivity index is 3.02. The third-order valence-corrected chi connectivity index (χ3v) is 2.44. The van der Waals surface area contributed by atoms with Crippen molar-refractivity contribution < 1.29 is 4.74 Å². The fourth-order valence-corrected chi connectivity index (χ4v) is 2.14. The van der Waals surface area contributed by atoms with E-state index in [1.54, 1.807) is 6.20 Å². The molecule has 0 atom stereocenters. The average Bonchev–Trinajstić information content (AvgIpc) is 2.02. The maximum absolute atomic E-state index is 5.36. The Morgan fingerprint density at radius 2 is 2.07 bits per heavy atom. The molecule has 1 aromatic heterocycles. The molecule has 0 aliphatic carbocycles. The number of hydrogen-bond acceptors (Lipinski definition) is 2. The van der Waals surface area contributed by atoms with Crippen LogP contribution in [-0.4, -0.2) is 11.6 Å². The first-order valence-electron chi connectivity index (χ1n) is 4.74. The summed E-state index contributed by atoms with van der Waals surface area (Å²) in [5.74, 6) is 0.812. The highest BCUT2D eigenvalue weighted by Gasteiger charge is 2.18. The molecule has 0 fully saturated rings. The monoisotopic (exact) mass is 257 g/mol. The quantitative estimate of drug-likeness (QED) is 0.809. The number of ether oxygens (including phenoxy) is 1. The van der Waals surface area contributed by atoms with E-state index in [-0.39, 0.29) is 5.41 Å². The van der Waals surface area contributed by atoms with Gasteiger partial charge in [-0.05, 0) is 28.9 Å². The van der Waals surface area contributed by atoms with Crippen molar-refractivity contribution in [3.8, 4) is 5.75 Å². The van der Waals surface area contributed by atoms with Crippen LogP contribution in [0, 0.1) is 0 Å². The highest BCUT2D eigenvalue weighted by atomic mass is 79.9. The summed E-state index contributed by atoms with van der Waals surface area (Å²) in [5.41, 5.74) is 1.12. The van der Waals surface area contributed by atoms with Gasteiger partial charge in [-0.15, -0.1) is 0 Å². The molecule has 0 saturated carbocycles. The third-order valence-electron chi connectivity index (χ3n) is 1.84. The van der Waals surface area contributed by atoms with Crippen molar-refractivity contribution in [2.24, 2.45) is 0 Å². The normalized spacial score (nSPS) is 11.5. The fraction of sp³-hybridized carbons (Fsp3) is 0.545. The Hall–Kier alpha value is -0.570. The predicted octanol–water partition coefficient (Wildman–Crippen LogP) is 3.54. The summed E-state index contributed by atoms with van der Waals surface area (Å²) < 4.78 is 6.37. The van der Waals surface area contributed by atoms with E-state index < -0.39 is 0 Å². The zero-order chi connectivity index (χ0) is 10.8. The number of nitrogens with zero attached hydrogens (tertiary/aromatic N) is 1. The van der Waals surface area contributed by atoms with Gasteiger partial charge in [0.15, 0.2) is 0 Å². The minimum absolute atomic E-state index is 0.0591. The molecule has 3 heteroatoms. The number of pyridine rings is 1. The molecule has 14 heavy (non-hydrogen) atoms. The van der Waals surface area contributed by atoms with Crippen LogP contribution in [0.25, 0.3) is 0 Å². The molecule has 0 saturated heterocycles. The van der Waals surface area contributed by atoms with Crippen LogP contribution in [0.2, 0.25) is 0 Å². The van der Waals surface area contributed by atoms with Crippen molar-refractivity contribution in [2.75, 3.05) is 6.61 Å². The van der Waals surface area contributed by atoms with E-state index in [1.165, 1.54) is 0 Å². The summed E-state index contributed by atoms with van der Waals surface area (Å²) in [6.45, 7) is 9.05. The molecule has 0 amide bonds. The van der Waals surface area contributed by atoms with E-state index in [0.717, 1.165) is 15.9 Å². The summed E-state index contributed by atoms with van der Waals surface area (Å²) in [6.07, 6.45) is 1.77. The molecule has 0 spiro atoms. The predicted molar refractivity (Wildman–Crippen MR) is 61.8 cm³/mol. The van der Waals surface area contributed by atoms with Crippen LogP contribution in [0.3, 0.4) is 0 Å². The minimum Gasteiger partial charge on any atom is -0.492 e. The van der Waals surface area contributed by atoms with Crippen molar-refractivity contribution >= 4 is 15.9 Å². The molecular weight excluding hydrogens is 242 g/mol.